The maximum atomic E-state index is 4.17. The number of aryl methyl sites for hydroxylation is 3. The third-order valence-electron chi connectivity index (χ3n) is 15.9. The number of hydrogen-bond donors (Lipinski definition) is 0. The lowest BCUT2D eigenvalue weighted by molar-refractivity contribution is -0.761. The van der Waals surface area contributed by atoms with Crippen LogP contribution in [0, 0.1) is 32.6 Å². The van der Waals surface area contributed by atoms with Crippen LogP contribution in [0.1, 0.15) is 112 Å². The van der Waals surface area contributed by atoms with Gasteiger partial charge in [-0.05, 0) is 163 Å². The van der Waals surface area contributed by atoms with Gasteiger partial charge in [0.25, 0.3) is 0 Å². The summed E-state index contributed by atoms with van der Waals surface area (Å²) in [5.74, 6) is 8.18. The van der Waals surface area contributed by atoms with E-state index in [1.54, 1.807) is 0 Å². The average molecular weight is 913 g/mol. The van der Waals surface area contributed by atoms with Gasteiger partial charge in [-0.3, -0.25) is 0 Å². The smallest absolute Gasteiger partial charge is 0.197 e. The van der Waals surface area contributed by atoms with Gasteiger partial charge in [-0.15, -0.1) is 0 Å². The molecule has 6 aromatic carbocycles. The number of rotatable bonds is 11. The monoisotopic (exact) mass is 913 g/mol. The summed E-state index contributed by atoms with van der Waals surface area (Å²) in [5.41, 5.74) is 23.5. The van der Waals surface area contributed by atoms with Gasteiger partial charge in [-0.1, -0.05) is 148 Å². The number of benzene rings is 6. The van der Waals surface area contributed by atoms with E-state index in [0.717, 1.165) is 32.2 Å². The topological polar surface area (TPSA) is 7.76 Å². The predicted molar refractivity (Wildman–Crippen MR) is 294 cm³/mol. The molecule has 2 aliphatic rings. The van der Waals surface area contributed by atoms with E-state index in [0.29, 0.717) is 0 Å². The molecule has 0 radical (unpaired) electrons. The van der Waals surface area contributed by atoms with E-state index in [1.165, 1.54) is 119 Å². The Labute approximate surface area is 418 Å². The Bertz CT molecular complexity index is 3360. The average Bonchev–Trinajstić information content (AvgIpc) is 3.40. The second-order valence-corrected chi connectivity index (χ2v) is 20.2. The number of allylic oxidation sites excluding steroid dienone is 1. The molecule has 70 heavy (non-hydrogen) atoms. The highest BCUT2D eigenvalue weighted by atomic mass is 15.1. The number of unbranched alkanes of at least 4 members (excludes halogenated alkanes) is 1. The zero-order valence-corrected chi connectivity index (χ0v) is 42.7. The second kappa shape index (κ2) is 19.4. The van der Waals surface area contributed by atoms with E-state index in [-0.39, 0.29) is 11.3 Å². The molecule has 0 saturated carbocycles. The largest absolute Gasteiger partial charge is 0.239 e. The van der Waals surface area contributed by atoms with Gasteiger partial charge in [0.05, 0.1) is 22.5 Å². The van der Waals surface area contributed by atoms with Gasteiger partial charge < -0.3 is 0 Å². The molecular weight excluding hydrogens is 845 g/mol. The second-order valence-electron chi connectivity index (χ2n) is 20.2. The summed E-state index contributed by atoms with van der Waals surface area (Å²) < 4.78 is 5.24. The number of pyridine rings is 2. The zero-order chi connectivity index (χ0) is 48.6. The van der Waals surface area contributed by atoms with Gasteiger partial charge in [-0.2, -0.15) is 9.13 Å². The number of fused-ring (bicyclic) bond motifs is 6. The SMILES string of the molecule is CC=Cc1cc(C)c2[n+](c1C)C(C#CCC)(CC1C[n+]3cccc(C)c3-c3ccccc31)C(C)(CC)c1ccc(-c3cccc(-c4cc(-c5ccccc5)cc(-c5cccc(CCCC)c5)c4)c3)cc1-2. The molecule has 2 aromatic heterocycles. The van der Waals surface area contributed by atoms with E-state index in [1.807, 2.05) is 0 Å². The molecule has 348 valence electrons. The summed E-state index contributed by atoms with van der Waals surface area (Å²) in [6.45, 7) is 19.4. The maximum absolute atomic E-state index is 4.17. The Balaban J connectivity index is 1.14. The molecule has 0 spiro atoms. The first-order valence-corrected chi connectivity index (χ1v) is 25.9. The highest BCUT2D eigenvalue weighted by molar-refractivity contribution is 5.84. The number of nitrogens with zero attached hydrogens (tertiary/aromatic N) is 2. The fourth-order valence-electron chi connectivity index (χ4n) is 12.2. The highest BCUT2D eigenvalue weighted by Crippen LogP contribution is 2.54. The first kappa shape index (κ1) is 46.6. The van der Waals surface area contributed by atoms with Crippen LogP contribution >= 0.6 is 0 Å². The summed E-state index contributed by atoms with van der Waals surface area (Å²) in [5, 5.41) is 0. The molecule has 0 aliphatic carbocycles. The van der Waals surface area contributed by atoms with Gasteiger partial charge in [0.15, 0.2) is 18.4 Å². The third kappa shape index (κ3) is 8.14. The maximum Gasteiger partial charge on any atom is 0.239 e. The Morgan fingerprint density at radius 1 is 0.614 bits per heavy atom. The van der Waals surface area contributed by atoms with Crippen molar-refractivity contribution in [3.8, 4) is 78.9 Å². The van der Waals surface area contributed by atoms with Crippen molar-refractivity contribution < 1.29 is 9.13 Å². The van der Waals surface area contributed by atoms with Crippen molar-refractivity contribution in [3.63, 3.8) is 0 Å². The van der Waals surface area contributed by atoms with Crippen LogP contribution in [-0.2, 0) is 23.9 Å². The van der Waals surface area contributed by atoms with Crippen LogP contribution in [0.3, 0.4) is 0 Å². The van der Waals surface area contributed by atoms with E-state index < -0.39 is 5.54 Å². The highest BCUT2D eigenvalue weighted by Gasteiger charge is 2.62. The van der Waals surface area contributed by atoms with E-state index in [9.17, 15) is 0 Å². The van der Waals surface area contributed by atoms with Crippen molar-refractivity contribution in [1.29, 1.82) is 0 Å². The van der Waals surface area contributed by atoms with Gasteiger partial charge >= 0.3 is 0 Å². The van der Waals surface area contributed by atoms with E-state index in [2.05, 4.69) is 252 Å². The minimum atomic E-state index is -0.551. The Kier molecular flexibility index (Phi) is 12.9. The van der Waals surface area contributed by atoms with E-state index in [4.69, 9.17) is 0 Å². The van der Waals surface area contributed by atoms with Crippen molar-refractivity contribution >= 4 is 6.08 Å². The summed E-state index contributed by atoms with van der Waals surface area (Å²) in [6, 6.07) is 59.8. The molecule has 4 heterocycles. The van der Waals surface area contributed by atoms with Crippen molar-refractivity contribution in [2.75, 3.05) is 0 Å². The van der Waals surface area contributed by atoms with Gasteiger partial charge in [0.1, 0.15) is 0 Å². The number of aromatic nitrogens is 2. The van der Waals surface area contributed by atoms with Crippen LogP contribution in [0.25, 0.3) is 73.1 Å². The molecule has 0 saturated heterocycles. The van der Waals surface area contributed by atoms with Crippen LogP contribution in [0.2, 0.25) is 0 Å². The Morgan fingerprint density at radius 3 is 2.00 bits per heavy atom. The lowest BCUT2D eigenvalue weighted by Crippen LogP contribution is -2.71. The van der Waals surface area contributed by atoms with Crippen LogP contribution in [0.4, 0.5) is 0 Å². The molecule has 2 aliphatic heterocycles. The van der Waals surface area contributed by atoms with Gasteiger partial charge in [-0.25, -0.2) is 0 Å². The first-order valence-electron chi connectivity index (χ1n) is 25.9. The minimum Gasteiger partial charge on any atom is -0.197 e. The normalized spacial score (nSPS) is 17.8. The van der Waals surface area contributed by atoms with Crippen molar-refractivity contribution in [2.45, 2.75) is 117 Å². The molecule has 3 unspecified atom stereocenters. The quantitative estimate of drug-likeness (QED) is 0.0902. The predicted octanol–water partition coefficient (Wildman–Crippen LogP) is 16.5. The molecule has 10 rings (SSSR count). The van der Waals surface area contributed by atoms with Crippen molar-refractivity contribution in [2.24, 2.45) is 0 Å². The zero-order valence-electron chi connectivity index (χ0n) is 42.7. The van der Waals surface area contributed by atoms with Gasteiger partial charge in [0, 0.05) is 42.5 Å². The number of hydrogen-bond acceptors (Lipinski definition) is 0. The molecule has 0 bridgehead atoms. The molecule has 8 aromatic rings. The molecule has 0 N–H and O–H groups in total. The summed E-state index contributed by atoms with van der Waals surface area (Å²) in [4.78, 5) is 0. The molecule has 3 atom stereocenters. The van der Waals surface area contributed by atoms with Crippen LogP contribution in [0.5, 0.6) is 0 Å². The van der Waals surface area contributed by atoms with Crippen LogP contribution in [-0.4, -0.2) is 0 Å². The molecule has 2 nitrogen and oxygen atoms in total. The van der Waals surface area contributed by atoms with Crippen LogP contribution < -0.4 is 9.13 Å². The Morgan fingerprint density at radius 2 is 1.27 bits per heavy atom. The fourth-order valence-corrected chi connectivity index (χ4v) is 12.2. The molecule has 2 heteroatoms. The third-order valence-corrected chi connectivity index (χ3v) is 15.9. The van der Waals surface area contributed by atoms with Crippen molar-refractivity contribution in [3.05, 3.63) is 209 Å². The standard InChI is InChI=1S/C68H68N2/c1-9-13-25-50-26-20-29-53(39-50)58-41-57(51-27-16-15-17-28-51)42-59(43-58)55-31-21-30-54(40-55)56-34-35-64-63(44-56)66-48(6)38-52(23-11-3)49(7)70(66)68(36-14-10-2,67(64,8)12-4)45-60-46-69-37-22-24-47(5)65(69)62-33-19-18-32-61(60)62/h11,15-24,26-35,37-44,60H,9-10,12-13,25,45-46H2,1-8H3/q+2. The minimum absolute atomic E-state index is 0.243. The Hall–Kier alpha value is -7.08. The van der Waals surface area contributed by atoms with Crippen molar-refractivity contribution in [1.82, 2.24) is 0 Å². The van der Waals surface area contributed by atoms with E-state index >= 15 is 0 Å². The fraction of sp³-hybridized carbons (Fsp3) is 0.265. The first-order chi connectivity index (χ1) is 34.1. The summed E-state index contributed by atoms with van der Waals surface area (Å²) in [7, 11) is 0. The summed E-state index contributed by atoms with van der Waals surface area (Å²) >= 11 is 0. The molecule has 0 amide bonds. The molecular formula is C68H68N2+2. The van der Waals surface area contributed by atoms with Gasteiger partial charge in [0.2, 0.25) is 16.9 Å². The molecule has 0 fully saturated rings. The lowest BCUT2D eigenvalue weighted by atomic mass is 9.57. The lowest BCUT2D eigenvalue weighted by Gasteiger charge is -2.47. The van der Waals surface area contributed by atoms with Crippen LogP contribution in [0.15, 0.2) is 170 Å². The summed E-state index contributed by atoms with van der Waals surface area (Å²) in [6.07, 6.45) is 12.9.